The van der Waals surface area contributed by atoms with Crippen molar-refractivity contribution in [3.05, 3.63) is 40.3 Å². The van der Waals surface area contributed by atoms with Gasteiger partial charge >= 0.3 is 0 Å². The van der Waals surface area contributed by atoms with Crippen LogP contribution in [0, 0.1) is 19.8 Å². The molecule has 0 atom stereocenters. The number of hydrogen-bond donors (Lipinski definition) is 1. The second kappa shape index (κ2) is 9.19. The van der Waals surface area contributed by atoms with Gasteiger partial charge < -0.3 is 15.4 Å². The minimum Gasteiger partial charge on any atom is -0.478 e. The van der Waals surface area contributed by atoms with Gasteiger partial charge in [0.1, 0.15) is 0 Å². The van der Waals surface area contributed by atoms with Crippen molar-refractivity contribution >= 4 is 23.5 Å². The maximum atomic E-state index is 11.4. The lowest BCUT2D eigenvalue weighted by molar-refractivity contribution is 0.0998. The van der Waals surface area contributed by atoms with E-state index in [1.807, 2.05) is 6.92 Å². The Morgan fingerprint density at radius 1 is 1.29 bits per heavy atom. The average Bonchev–Trinajstić information content (AvgIpc) is 2.65. The summed E-state index contributed by atoms with van der Waals surface area (Å²) in [5, 5.41) is 0.558. The summed E-state index contributed by atoms with van der Waals surface area (Å²) in [6.07, 6.45) is 7.61. The predicted molar refractivity (Wildman–Crippen MR) is 109 cm³/mol. The van der Waals surface area contributed by atoms with E-state index < -0.39 is 5.91 Å². The van der Waals surface area contributed by atoms with Crippen LogP contribution in [0.1, 0.15) is 47.3 Å². The van der Waals surface area contributed by atoms with E-state index in [0.29, 0.717) is 34.7 Å². The average molecular weight is 404 g/mol. The Labute approximate surface area is 170 Å². The third-order valence-electron chi connectivity index (χ3n) is 5.13. The Bertz CT molecular complexity index is 797. The summed E-state index contributed by atoms with van der Waals surface area (Å²) in [4.78, 5) is 26.6. The number of ether oxygens (including phenoxy) is 1. The SMILES string of the molecule is Cc1cc(OCCCC2CCN(c3ncc(Cl)cn3)CC2)nc(C)c1C(N)=O. The Hall–Kier alpha value is -2.41. The highest BCUT2D eigenvalue weighted by molar-refractivity contribution is 6.30. The van der Waals surface area contributed by atoms with Gasteiger partial charge in [-0.2, -0.15) is 0 Å². The van der Waals surface area contributed by atoms with Crippen LogP contribution in [-0.4, -0.2) is 40.6 Å². The van der Waals surface area contributed by atoms with Gasteiger partial charge in [0.15, 0.2) is 0 Å². The Morgan fingerprint density at radius 3 is 2.57 bits per heavy atom. The number of rotatable bonds is 7. The smallest absolute Gasteiger partial charge is 0.250 e. The van der Waals surface area contributed by atoms with Crippen molar-refractivity contribution in [3.8, 4) is 5.88 Å². The molecule has 150 valence electrons. The largest absolute Gasteiger partial charge is 0.478 e. The lowest BCUT2D eigenvalue weighted by Crippen LogP contribution is -2.34. The number of halogens is 1. The second-order valence-electron chi connectivity index (χ2n) is 7.22. The number of amides is 1. The molecular weight excluding hydrogens is 378 g/mol. The van der Waals surface area contributed by atoms with E-state index in [0.717, 1.165) is 50.3 Å². The van der Waals surface area contributed by atoms with Crippen LogP contribution in [0.4, 0.5) is 5.95 Å². The molecule has 0 unspecified atom stereocenters. The number of primary amides is 1. The molecule has 3 rings (SSSR count). The first-order valence-corrected chi connectivity index (χ1v) is 9.95. The van der Waals surface area contributed by atoms with Crippen molar-refractivity contribution in [1.29, 1.82) is 0 Å². The molecule has 0 aliphatic carbocycles. The van der Waals surface area contributed by atoms with Crippen molar-refractivity contribution < 1.29 is 9.53 Å². The number of pyridine rings is 1. The molecular formula is C20H26ClN5O2. The molecule has 2 aromatic heterocycles. The molecule has 0 radical (unpaired) electrons. The topological polar surface area (TPSA) is 94.2 Å². The fourth-order valence-electron chi connectivity index (χ4n) is 3.68. The van der Waals surface area contributed by atoms with Crippen molar-refractivity contribution in [2.75, 3.05) is 24.6 Å². The quantitative estimate of drug-likeness (QED) is 0.712. The number of carbonyl (C=O) groups excluding carboxylic acids is 1. The monoisotopic (exact) mass is 403 g/mol. The van der Waals surface area contributed by atoms with E-state index in [2.05, 4.69) is 19.9 Å². The van der Waals surface area contributed by atoms with Gasteiger partial charge in [-0.25, -0.2) is 15.0 Å². The van der Waals surface area contributed by atoms with Crippen LogP contribution < -0.4 is 15.4 Å². The molecule has 8 heteroatoms. The first-order chi connectivity index (χ1) is 13.4. The van der Waals surface area contributed by atoms with Crippen LogP contribution in [0.3, 0.4) is 0 Å². The highest BCUT2D eigenvalue weighted by atomic mass is 35.5. The molecule has 0 spiro atoms. The maximum absolute atomic E-state index is 11.4. The van der Waals surface area contributed by atoms with Gasteiger partial charge in [-0.1, -0.05) is 11.6 Å². The normalized spacial score (nSPS) is 14.9. The lowest BCUT2D eigenvalue weighted by atomic mass is 9.92. The fraction of sp³-hybridized carbons (Fsp3) is 0.500. The van der Waals surface area contributed by atoms with Crippen LogP contribution in [-0.2, 0) is 0 Å². The maximum Gasteiger partial charge on any atom is 0.250 e. The Morgan fingerprint density at radius 2 is 1.96 bits per heavy atom. The van der Waals surface area contributed by atoms with E-state index in [1.54, 1.807) is 25.4 Å². The van der Waals surface area contributed by atoms with Crippen LogP contribution in [0.25, 0.3) is 0 Å². The van der Waals surface area contributed by atoms with Crippen molar-refractivity contribution in [1.82, 2.24) is 15.0 Å². The van der Waals surface area contributed by atoms with Crippen LogP contribution in [0.5, 0.6) is 5.88 Å². The first kappa shape index (κ1) is 20.3. The van der Waals surface area contributed by atoms with Gasteiger partial charge in [-0.05, 0) is 51.0 Å². The zero-order valence-corrected chi connectivity index (χ0v) is 17.1. The second-order valence-corrected chi connectivity index (χ2v) is 7.66. The fourth-order valence-corrected chi connectivity index (χ4v) is 3.78. The summed E-state index contributed by atoms with van der Waals surface area (Å²) < 4.78 is 5.79. The van der Waals surface area contributed by atoms with Gasteiger partial charge in [0.2, 0.25) is 11.8 Å². The van der Waals surface area contributed by atoms with E-state index in [1.165, 1.54) is 0 Å². The molecule has 0 saturated carbocycles. The van der Waals surface area contributed by atoms with E-state index in [-0.39, 0.29) is 0 Å². The van der Waals surface area contributed by atoms with Crippen molar-refractivity contribution in [2.45, 2.75) is 39.5 Å². The molecule has 1 saturated heterocycles. The Balaban J connectivity index is 1.41. The van der Waals surface area contributed by atoms with Gasteiger partial charge in [0.25, 0.3) is 5.91 Å². The van der Waals surface area contributed by atoms with Crippen molar-refractivity contribution in [3.63, 3.8) is 0 Å². The summed E-state index contributed by atoms with van der Waals surface area (Å²) in [5.41, 5.74) is 7.27. The third kappa shape index (κ3) is 5.10. The summed E-state index contributed by atoms with van der Waals surface area (Å²) in [5.74, 6) is 1.53. The van der Waals surface area contributed by atoms with Crippen LogP contribution in [0.2, 0.25) is 5.02 Å². The van der Waals surface area contributed by atoms with E-state index >= 15 is 0 Å². The number of anilines is 1. The zero-order valence-electron chi connectivity index (χ0n) is 16.3. The van der Waals surface area contributed by atoms with E-state index in [9.17, 15) is 4.79 Å². The number of aryl methyl sites for hydroxylation is 2. The highest BCUT2D eigenvalue weighted by Gasteiger charge is 2.20. The zero-order chi connectivity index (χ0) is 20.1. The van der Waals surface area contributed by atoms with Gasteiger partial charge in [-0.15, -0.1) is 0 Å². The van der Waals surface area contributed by atoms with Gasteiger partial charge in [0.05, 0.1) is 35.3 Å². The van der Waals surface area contributed by atoms with Gasteiger partial charge in [-0.3, -0.25) is 4.79 Å². The molecule has 28 heavy (non-hydrogen) atoms. The molecule has 1 fully saturated rings. The number of nitrogens with two attached hydrogens (primary N) is 1. The summed E-state index contributed by atoms with van der Waals surface area (Å²) in [6.45, 7) is 6.16. The minimum atomic E-state index is -0.454. The summed E-state index contributed by atoms with van der Waals surface area (Å²) in [6, 6.07) is 1.78. The van der Waals surface area contributed by atoms with E-state index in [4.69, 9.17) is 22.1 Å². The molecule has 2 N–H and O–H groups in total. The number of piperidine rings is 1. The Kier molecular flexibility index (Phi) is 6.67. The minimum absolute atomic E-state index is 0.454. The molecule has 1 aliphatic rings. The van der Waals surface area contributed by atoms with Crippen LogP contribution >= 0.6 is 11.6 Å². The molecule has 1 aliphatic heterocycles. The predicted octanol–water partition coefficient (Wildman–Crippen LogP) is 3.32. The summed E-state index contributed by atoms with van der Waals surface area (Å²) >= 11 is 5.85. The number of hydrogen-bond acceptors (Lipinski definition) is 6. The standard InChI is InChI=1S/C20H26ClN5O2/c1-13-10-17(25-14(2)18(13)19(22)27)28-9-3-4-15-5-7-26(8-6-15)20-23-11-16(21)12-24-20/h10-12,15H,3-9H2,1-2H3,(H2,22,27). The first-order valence-electron chi connectivity index (χ1n) is 9.57. The molecule has 0 bridgehead atoms. The lowest BCUT2D eigenvalue weighted by Gasteiger charge is -2.31. The van der Waals surface area contributed by atoms with Crippen LogP contribution in [0.15, 0.2) is 18.5 Å². The molecule has 1 amide bonds. The molecule has 2 aromatic rings. The van der Waals surface area contributed by atoms with Crippen molar-refractivity contribution in [2.24, 2.45) is 11.7 Å². The molecule has 3 heterocycles. The number of nitrogens with zero attached hydrogens (tertiary/aromatic N) is 4. The third-order valence-corrected chi connectivity index (χ3v) is 5.33. The van der Waals surface area contributed by atoms with Gasteiger partial charge in [0, 0.05) is 19.2 Å². The number of aromatic nitrogens is 3. The molecule has 7 nitrogen and oxygen atoms in total. The summed E-state index contributed by atoms with van der Waals surface area (Å²) in [7, 11) is 0. The molecule has 0 aromatic carbocycles. The highest BCUT2D eigenvalue weighted by Crippen LogP contribution is 2.25. The number of carbonyl (C=O) groups is 1.